The van der Waals surface area contributed by atoms with Crippen molar-refractivity contribution in [1.82, 2.24) is 0 Å². The quantitative estimate of drug-likeness (QED) is 0.670. The summed E-state index contributed by atoms with van der Waals surface area (Å²) >= 11 is 12.5. The Morgan fingerprint density at radius 2 is 1.90 bits per heavy atom. The summed E-state index contributed by atoms with van der Waals surface area (Å²) in [5, 5.41) is 13.8. The summed E-state index contributed by atoms with van der Waals surface area (Å²) in [6.07, 6.45) is 1.40. The standard InChI is InChI=1S/C23H16Cl2N4O2/c24-12-8-9-17(15(25)10-12)29-18-6-3-7-19(30)20(18)23(14(11-26)21(29)27)13-4-1-2-5-16(13)28-22(23)31/h1-2,4-5,8-10H,3,6-7,27H2,(H,28,31). The number of Topliss-reactive ketones (excluding diaryl/α,β-unsaturated/α-hetero) is 1. The van der Waals surface area contributed by atoms with Gasteiger partial charge >= 0.3 is 0 Å². The van der Waals surface area contributed by atoms with Gasteiger partial charge in [0.05, 0.1) is 16.3 Å². The third-order valence-corrected chi connectivity index (χ3v) is 6.62. The number of hydrogen-bond donors (Lipinski definition) is 2. The maximum Gasteiger partial charge on any atom is 0.245 e. The van der Waals surface area contributed by atoms with Crippen LogP contribution < -0.4 is 16.0 Å². The van der Waals surface area contributed by atoms with E-state index in [4.69, 9.17) is 28.9 Å². The van der Waals surface area contributed by atoms with Gasteiger partial charge in [-0.05, 0) is 37.1 Å². The number of rotatable bonds is 1. The number of nitriles is 1. The summed E-state index contributed by atoms with van der Waals surface area (Å²) in [5.41, 5.74) is 7.50. The van der Waals surface area contributed by atoms with Crippen LogP contribution in [-0.4, -0.2) is 11.7 Å². The molecule has 154 valence electrons. The van der Waals surface area contributed by atoms with Crippen LogP contribution in [0.4, 0.5) is 11.4 Å². The van der Waals surface area contributed by atoms with E-state index in [1.54, 1.807) is 47.4 Å². The number of benzene rings is 2. The van der Waals surface area contributed by atoms with Crippen molar-refractivity contribution < 1.29 is 9.59 Å². The monoisotopic (exact) mass is 450 g/mol. The van der Waals surface area contributed by atoms with Gasteiger partial charge in [0.25, 0.3) is 0 Å². The molecule has 8 heteroatoms. The number of allylic oxidation sites excluding steroid dienone is 1. The van der Waals surface area contributed by atoms with E-state index >= 15 is 0 Å². The molecule has 2 aromatic carbocycles. The number of anilines is 2. The normalized spacial score (nSPS) is 22.4. The number of fused-ring (bicyclic) bond motifs is 3. The highest BCUT2D eigenvalue weighted by atomic mass is 35.5. The first-order valence-corrected chi connectivity index (χ1v) is 10.5. The Bertz CT molecular complexity index is 1290. The van der Waals surface area contributed by atoms with Crippen LogP contribution in [0.25, 0.3) is 0 Å². The molecule has 0 fully saturated rings. The number of nitrogens with zero attached hydrogens (tertiary/aromatic N) is 2. The van der Waals surface area contributed by atoms with Crippen LogP contribution in [0.2, 0.25) is 10.0 Å². The maximum absolute atomic E-state index is 13.5. The lowest BCUT2D eigenvalue weighted by atomic mass is 9.64. The predicted octanol–water partition coefficient (Wildman–Crippen LogP) is 4.40. The summed E-state index contributed by atoms with van der Waals surface area (Å²) in [5.74, 6) is -0.548. The van der Waals surface area contributed by atoms with Gasteiger partial charge in [-0.15, -0.1) is 0 Å². The zero-order valence-corrected chi connectivity index (χ0v) is 17.7. The molecule has 0 saturated carbocycles. The van der Waals surface area contributed by atoms with E-state index < -0.39 is 11.3 Å². The van der Waals surface area contributed by atoms with Crippen LogP contribution in [0.5, 0.6) is 0 Å². The molecule has 5 rings (SSSR count). The Labute approximate surface area is 188 Å². The third-order valence-electron chi connectivity index (χ3n) is 6.08. The fraction of sp³-hybridized carbons (Fsp3) is 0.174. The van der Waals surface area contributed by atoms with Crippen LogP contribution in [0.1, 0.15) is 24.8 Å². The first-order valence-electron chi connectivity index (χ1n) is 9.74. The second kappa shape index (κ2) is 6.88. The van der Waals surface area contributed by atoms with E-state index in [2.05, 4.69) is 11.4 Å². The van der Waals surface area contributed by atoms with E-state index in [-0.39, 0.29) is 29.2 Å². The largest absolute Gasteiger partial charge is 0.384 e. The number of hydrogen-bond acceptors (Lipinski definition) is 5. The molecular formula is C23H16Cl2N4O2. The topological polar surface area (TPSA) is 99.2 Å². The van der Waals surface area contributed by atoms with Crippen molar-refractivity contribution in [1.29, 1.82) is 5.26 Å². The third kappa shape index (κ3) is 2.51. The molecule has 2 aliphatic heterocycles. The minimum Gasteiger partial charge on any atom is -0.384 e. The van der Waals surface area contributed by atoms with E-state index in [0.29, 0.717) is 45.5 Å². The fourth-order valence-electron chi connectivity index (χ4n) is 4.88. The molecular weight excluding hydrogens is 435 g/mol. The van der Waals surface area contributed by atoms with E-state index in [1.807, 2.05) is 0 Å². The molecule has 0 saturated heterocycles. The molecule has 31 heavy (non-hydrogen) atoms. The number of nitrogens with two attached hydrogens (primary N) is 1. The lowest BCUT2D eigenvalue weighted by Gasteiger charge is -2.43. The average molecular weight is 451 g/mol. The number of carbonyl (C=O) groups excluding carboxylic acids is 2. The molecule has 2 heterocycles. The van der Waals surface area contributed by atoms with Crippen molar-refractivity contribution in [3.8, 4) is 6.07 Å². The van der Waals surface area contributed by atoms with Crippen LogP contribution in [0, 0.1) is 11.3 Å². The van der Waals surface area contributed by atoms with Crippen molar-refractivity contribution in [3.63, 3.8) is 0 Å². The van der Waals surface area contributed by atoms with Crippen LogP contribution in [-0.2, 0) is 15.0 Å². The van der Waals surface area contributed by atoms with Gasteiger partial charge in [0, 0.05) is 34.0 Å². The van der Waals surface area contributed by atoms with Crippen molar-refractivity contribution in [2.75, 3.05) is 10.2 Å². The second-order valence-corrected chi connectivity index (χ2v) is 8.49. The van der Waals surface area contributed by atoms with Crippen LogP contribution >= 0.6 is 23.2 Å². The summed E-state index contributed by atoms with van der Waals surface area (Å²) in [7, 11) is 0. The number of amides is 1. The minimum absolute atomic E-state index is 0.00923. The van der Waals surface area contributed by atoms with Crippen molar-refractivity contribution in [3.05, 3.63) is 80.7 Å². The average Bonchev–Trinajstić information content (AvgIpc) is 3.02. The Morgan fingerprint density at radius 3 is 2.65 bits per heavy atom. The molecule has 1 atom stereocenters. The summed E-state index contributed by atoms with van der Waals surface area (Å²) < 4.78 is 0. The maximum atomic E-state index is 13.5. The molecule has 6 nitrogen and oxygen atoms in total. The molecule has 1 aliphatic carbocycles. The van der Waals surface area contributed by atoms with Crippen molar-refractivity contribution in [2.45, 2.75) is 24.7 Å². The van der Waals surface area contributed by atoms with Gasteiger partial charge in [-0.1, -0.05) is 41.4 Å². The Balaban J connectivity index is 1.89. The molecule has 0 radical (unpaired) electrons. The predicted molar refractivity (Wildman–Crippen MR) is 118 cm³/mol. The lowest BCUT2D eigenvalue weighted by molar-refractivity contribution is -0.122. The van der Waals surface area contributed by atoms with Crippen molar-refractivity contribution >= 4 is 46.3 Å². The van der Waals surface area contributed by atoms with Crippen LogP contribution in [0.15, 0.2) is 65.1 Å². The summed E-state index contributed by atoms with van der Waals surface area (Å²) in [6, 6.07) is 14.1. The fourth-order valence-corrected chi connectivity index (χ4v) is 5.38. The van der Waals surface area contributed by atoms with E-state index in [1.165, 1.54) is 0 Å². The molecule has 1 unspecified atom stereocenters. The van der Waals surface area contributed by atoms with Gasteiger partial charge in [-0.2, -0.15) is 5.26 Å². The first kappa shape index (κ1) is 19.7. The van der Waals surface area contributed by atoms with Gasteiger partial charge in [-0.25, -0.2) is 0 Å². The lowest BCUT2D eigenvalue weighted by Crippen LogP contribution is -2.50. The summed E-state index contributed by atoms with van der Waals surface area (Å²) in [6.45, 7) is 0. The minimum atomic E-state index is -1.57. The molecule has 0 bridgehead atoms. The molecule has 3 N–H and O–H groups in total. The van der Waals surface area contributed by atoms with Gasteiger partial charge in [0.2, 0.25) is 5.91 Å². The number of ketones is 1. The Morgan fingerprint density at radius 1 is 1.13 bits per heavy atom. The zero-order chi connectivity index (χ0) is 21.9. The van der Waals surface area contributed by atoms with Gasteiger partial charge in [0.15, 0.2) is 5.78 Å². The highest BCUT2D eigenvalue weighted by Gasteiger charge is 2.60. The first-order chi connectivity index (χ1) is 14.9. The molecule has 1 spiro atoms. The highest BCUT2D eigenvalue weighted by molar-refractivity contribution is 6.36. The van der Waals surface area contributed by atoms with Gasteiger partial charge in [-0.3, -0.25) is 14.5 Å². The number of para-hydroxylation sites is 1. The molecule has 1 amide bonds. The van der Waals surface area contributed by atoms with E-state index in [0.717, 1.165) is 0 Å². The number of carbonyl (C=O) groups is 2. The second-order valence-electron chi connectivity index (χ2n) is 7.65. The summed E-state index contributed by atoms with van der Waals surface area (Å²) in [4.78, 5) is 28.4. The van der Waals surface area contributed by atoms with Gasteiger partial charge < -0.3 is 11.1 Å². The van der Waals surface area contributed by atoms with E-state index in [9.17, 15) is 14.9 Å². The Hall–Kier alpha value is -3.27. The number of nitrogens with one attached hydrogen (secondary N) is 1. The zero-order valence-electron chi connectivity index (χ0n) is 16.2. The Kier molecular flexibility index (Phi) is 4.37. The van der Waals surface area contributed by atoms with Crippen molar-refractivity contribution in [2.24, 2.45) is 5.73 Å². The molecule has 2 aromatic rings. The van der Waals surface area contributed by atoms with Gasteiger partial charge in [0.1, 0.15) is 17.3 Å². The SMILES string of the molecule is N#CC1=C(N)N(c2ccc(Cl)cc2Cl)C2=C(C(=O)CCC2)C12C(=O)Nc1ccccc12. The highest BCUT2D eigenvalue weighted by Crippen LogP contribution is 2.55. The number of halogens is 2. The molecule has 0 aromatic heterocycles. The van der Waals surface area contributed by atoms with Crippen LogP contribution in [0.3, 0.4) is 0 Å². The smallest absolute Gasteiger partial charge is 0.245 e. The molecule has 3 aliphatic rings.